The van der Waals surface area contributed by atoms with Crippen LogP contribution in [0, 0.1) is 0 Å². The molecule has 3 aromatic carbocycles. The Bertz CT molecular complexity index is 2440. The largest absolute Gasteiger partial charge is 0.369 e. The normalized spacial score (nSPS) is 14.8. The van der Waals surface area contributed by atoms with Crippen molar-refractivity contribution in [3.8, 4) is 5.69 Å². The van der Waals surface area contributed by atoms with Crippen LogP contribution in [0.3, 0.4) is 0 Å². The Morgan fingerprint density at radius 3 is 1.66 bits per heavy atom. The molecule has 0 atom stereocenters. The summed E-state index contributed by atoms with van der Waals surface area (Å²) < 4.78 is 2.06. The summed E-state index contributed by atoms with van der Waals surface area (Å²) in [7, 11) is 0. The van der Waals surface area contributed by atoms with Crippen molar-refractivity contribution in [2.45, 2.75) is 13.3 Å². The molecule has 4 N–H and O–H groups in total. The minimum atomic E-state index is 0.733. The molecule has 2 aliphatic rings. The van der Waals surface area contributed by atoms with E-state index in [2.05, 4.69) is 150 Å². The second-order valence-electron chi connectivity index (χ2n) is 15.4. The second kappa shape index (κ2) is 18.9. The number of rotatable bonds is 15. The molecule has 0 saturated carbocycles. The zero-order chi connectivity index (χ0) is 41.2. The lowest BCUT2D eigenvalue weighted by molar-refractivity contribution is 0.261. The molecule has 9 rings (SSSR count). The van der Waals surface area contributed by atoms with Gasteiger partial charge in [0.2, 0.25) is 0 Å². The molecule has 0 amide bonds. The van der Waals surface area contributed by atoms with Gasteiger partial charge in [-0.1, -0.05) is 6.92 Å². The number of likely N-dealkylation sites (N-methyl/N-ethyl adjacent to an activating group) is 1. The van der Waals surface area contributed by atoms with Crippen LogP contribution in [0.2, 0.25) is 0 Å². The van der Waals surface area contributed by atoms with Gasteiger partial charge in [-0.25, -0.2) is 24.9 Å². The summed E-state index contributed by atoms with van der Waals surface area (Å²) in [5, 5.41) is 13.9. The highest BCUT2D eigenvalue weighted by Gasteiger charge is 2.18. The molecule has 0 aliphatic carbocycles. The molecule has 6 heterocycles. The summed E-state index contributed by atoms with van der Waals surface area (Å²) in [6.45, 7) is 12.7. The minimum Gasteiger partial charge on any atom is -0.369 e. The molecule has 14 nitrogen and oxygen atoms in total. The van der Waals surface area contributed by atoms with E-state index >= 15 is 0 Å². The number of anilines is 10. The van der Waals surface area contributed by atoms with Gasteiger partial charge in [-0.2, -0.15) is 0 Å². The van der Waals surface area contributed by atoms with Crippen molar-refractivity contribution in [3.05, 3.63) is 146 Å². The fraction of sp³-hybridized carbons (Fsp3) is 0.255. The fourth-order valence-electron chi connectivity index (χ4n) is 7.93. The van der Waals surface area contributed by atoms with Gasteiger partial charge in [-0.15, -0.1) is 0 Å². The van der Waals surface area contributed by atoms with Crippen molar-refractivity contribution in [1.82, 2.24) is 39.3 Å². The highest BCUT2D eigenvalue weighted by Crippen LogP contribution is 2.28. The van der Waals surface area contributed by atoms with Crippen LogP contribution in [0.25, 0.3) is 5.69 Å². The highest BCUT2D eigenvalue weighted by molar-refractivity contribution is 5.69. The van der Waals surface area contributed by atoms with Crippen LogP contribution in [-0.4, -0.2) is 105 Å². The molecule has 14 heteroatoms. The molecule has 61 heavy (non-hydrogen) atoms. The van der Waals surface area contributed by atoms with Crippen molar-refractivity contribution < 1.29 is 0 Å². The lowest BCUT2D eigenvalue weighted by Crippen LogP contribution is -2.47. The van der Waals surface area contributed by atoms with Crippen LogP contribution in [0.4, 0.5) is 57.3 Å². The van der Waals surface area contributed by atoms with E-state index < -0.39 is 0 Å². The molecule has 2 aliphatic heterocycles. The average Bonchev–Trinajstić information content (AvgIpc) is 3.86. The lowest BCUT2D eigenvalue weighted by Gasteiger charge is -2.36. The van der Waals surface area contributed by atoms with E-state index in [-0.39, 0.29) is 0 Å². The maximum atomic E-state index is 4.62. The van der Waals surface area contributed by atoms with Crippen LogP contribution in [0.1, 0.15) is 12.5 Å². The Morgan fingerprint density at radius 2 is 1.08 bits per heavy atom. The first-order valence-corrected chi connectivity index (χ1v) is 21.1. The quantitative estimate of drug-likeness (QED) is 0.0801. The predicted octanol–water partition coefficient (Wildman–Crippen LogP) is 7.93. The monoisotopic (exact) mass is 812 g/mol. The Morgan fingerprint density at radius 1 is 0.475 bits per heavy atom. The number of imidazole rings is 1. The zero-order valence-corrected chi connectivity index (χ0v) is 34.5. The first kappa shape index (κ1) is 39.4. The van der Waals surface area contributed by atoms with Crippen molar-refractivity contribution >= 4 is 57.3 Å². The van der Waals surface area contributed by atoms with Gasteiger partial charge in [-0.05, 0) is 103 Å². The fourth-order valence-corrected chi connectivity index (χ4v) is 7.93. The maximum absolute atomic E-state index is 4.62. The van der Waals surface area contributed by atoms with Crippen molar-refractivity contribution in [3.63, 3.8) is 0 Å². The number of hydrogen-bond acceptors (Lipinski definition) is 13. The molecule has 0 spiro atoms. The van der Waals surface area contributed by atoms with Gasteiger partial charge in [-0.3, -0.25) is 4.90 Å². The number of nitrogens with zero attached hydrogens (tertiary/aromatic N) is 10. The Labute approximate surface area is 357 Å². The van der Waals surface area contributed by atoms with E-state index in [1.54, 1.807) is 12.4 Å². The van der Waals surface area contributed by atoms with Crippen molar-refractivity contribution in [2.75, 3.05) is 96.5 Å². The standard InChI is InChI=1S/C47H52N14/c1-2-57-21-25-59(26-22-57)42-7-3-37(4-8-42)54-46-32-39(11-16-50-46)53-41-29-36(30-44(31-41)61-20-18-49-35-61)14-19-58-23-27-60(28-24-58)43-9-5-38(6-10-43)55-47-33-40(12-17-51-47)56-45-13-15-48-34-52-45/h3-13,15-18,20,29-35H,2,14,19,21-28H2,1H3,(H2,50,53,54)(H2,48,51,52,55,56). The molecule has 2 fully saturated rings. The summed E-state index contributed by atoms with van der Waals surface area (Å²) in [6.07, 6.45) is 13.5. The Kier molecular flexibility index (Phi) is 12.2. The SMILES string of the molecule is CCN1CCN(c2ccc(Nc3cc(Nc4cc(CCN5CCN(c6ccc(Nc7cc(Nc8ccncn8)ccn7)cc6)CC5)cc(-n5ccnc5)c4)ccn3)cc2)CC1. The van der Waals surface area contributed by atoms with Crippen LogP contribution < -0.4 is 31.1 Å². The highest BCUT2D eigenvalue weighted by atomic mass is 15.3. The van der Waals surface area contributed by atoms with Crippen LogP contribution in [0.15, 0.2) is 141 Å². The molecule has 7 aromatic rings. The van der Waals surface area contributed by atoms with Gasteiger partial charge in [0.05, 0.1) is 6.33 Å². The molecular weight excluding hydrogens is 761 g/mol. The van der Waals surface area contributed by atoms with Gasteiger partial charge >= 0.3 is 0 Å². The van der Waals surface area contributed by atoms with Gasteiger partial charge < -0.3 is 40.5 Å². The maximum Gasteiger partial charge on any atom is 0.133 e. The van der Waals surface area contributed by atoms with Crippen LogP contribution >= 0.6 is 0 Å². The van der Waals surface area contributed by atoms with E-state index in [4.69, 9.17) is 0 Å². The number of aromatic nitrogens is 6. The molecule has 0 radical (unpaired) electrons. The smallest absolute Gasteiger partial charge is 0.133 e. The number of piperazine rings is 2. The summed E-state index contributed by atoms with van der Waals surface area (Å²) in [6, 6.07) is 33.8. The number of nitrogens with one attached hydrogen (secondary N) is 4. The number of pyridine rings is 2. The van der Waals surface area contributed by atoms with Gasteiger partial charge in [0.1, 0.15) is 23.8 Å². The summed E-state index contributed by atoms with van der Waals surface area (Å²) in [5.41, 5.74) is 9.73. The molecular formula is C47H52N14. The second-order valence-corrected chi connectivity index (χ2v) is 15.4. The molecule has 0 unspecified atom stereocenters. The third kappa shape index (κ3) is 10.4. The summed E-state index contributed by atoms with van der Waals surface area (Å²) in [5.74, 6) is 2.28. The van der Waals surface area contributed by atoms with Gasteiger partial charge in [0.15, 0.2) is 0 Å². The van der Waals surface area contributed by atoms with E-state index in [0.717, 1.165) is 123 Å². The van der Waals surface area contributed by atoms with E-state index in [1.807, 2.05) is 49.2 Å². The number of hydrogen-bond donors (Lipinski definition) is 4. The first-order chi connectivity index (χ1) is 30.1. The Balaban J connectivity index is 0.783. The number of benzene rings is 3. The van der Waals surface area contributed by atoms with Crippen LogP contribution in [-0.2, 0) is 6.42 Å². The summed E-state index contributed by atoms with van der Waals surface area (Å²) in [4.78, 5) is 31.7. The first-order valence-electron chi connectivity index (χ1n) is 21.1. The summed E-state index contributed by atoms with van der Waals surface area (Å²) >= 11 is 0. The molecule has 310 valence electrons. The van der Waals surface area contributed by atoms with Crippen LogP contribution in [0.5, 0.6) is 0 Å². The topological polar surface area (TPSA) is 130 Å². The predicted molar refractivity (Wildman–Crippen MR) is 247 cm³/mol. The Hall–Kier alpha value is -7.03. The molecule has 0 bridgehead atoms. The molecule has 4 aromatic heterocycles. The van der Waals surface area contributed by atoms with E-state index in [0.29, 0.717) is 0 Å². The van der Waals surface area contributed by atoms with Crippen molar-refractivity contribution in [2.24, 2.45) is 0 Å². The lowest BCUT2D eigenvalue weighted by atomic mass is 10.1. The zero-order valence-electron chi connectivity index (χ0n) is 34.5. The van der Waals surface area contributed by atoms with Gasteiger partial charge in [0, 0.05) is 148 Å². The third-order valence-corrected chi connectivity index (χ3v) is 11.4. The third-order valence-electron chi connectivity index (χ3n) is 11.4. The van der Waals surface area contributed by atoms with E-state index in [1.165, 1.54) is 23.3 Å². The van der Waals surface area contributed by atoms with E-state index in [9.17, 15) is 0 Å². The average molecular weight is 813 g/mol. The molecule has 2 saturated heterocycles. The minimum absolute atomic E-state index is 0.733. The van der Waals surface area contributed by atoms with Crippen molar-refractivity contribution in [1.29, 1.82) is 0 Å². The van der Waals surface area contributed by atoms with Gasteiger partial charge in [0.25, 0.3) is 0 Å².